The number of rotatable bonds is 2. The van der Waals surface area contributed by atoms with Gasteiger partial charge in [-0.15, -0.1) is 0 Å². The van der Waals surface area contributed by atoms with Gasteiger partial charge in [0, 0.05) is 6.08 Å². The molecule has 0 spiro atoms. The molecule has 0 saturated carbocycles. The van der Waals surface area contributed by atoms with Gasteiger partial charge in [-0.05, 0) is 18.6 Å². The van der Waals surface area contributed by atoms with E-state index in [1.165, 1.54) is 11.8 Å². The Labute approximate surface area is 55.4 Å². The second-order valence-corrected chi connectivity index (χ2v) is 2.03. The Morgan fingerprint density at radius 3 is 2.44 bits per heavy atom. The van der Waals surface area contributed by atoms with Crippen LogP contribution in [0.3, 0.4) is 0 Å². The highest BCUT2D eigenvalue weighted by Gasteiger charge is 1.78. The van der Waals surface area contributed by atoms with E-state index in [2.05, 4.69) is 6.72 Å². The molecule has 0 saturated heterocycles. The number of hydrogen-bond acceptors (Lipinski definition) is 1. The highest BCUT2D eigenvalue weighted by molar-refractivity contribution is 5.15. The van der Waals surface area contributed by atoms with Crippen LogP contribution in [0.25, 0.3) is 0 Å². The van der Waals surface area contributed by atoms with Crippen LogP contribution in [0.5, 0.6) is 0 Å². The van der Waals surface area contributed by atoms with Crippen LogP contribution in [0.1, 0.15) is 13.8 Å². The number of hydrogen-bond donors (Lipinski definition) is 1. The molecule has 0 aliphatic carbocycles. The van der Waals surface area contributed by atoms with Gasteiger partial charge < -0.3 is 0 Å². The minimum atomic E-state index is 0.763. The van der Waals surface area contributed by atoms with E-state index in [1.54, 1.807) is 6.08 Å². The van der Waals surface area contributed by atoms with Crippen LogP contribution >= 0.6 is 0 Å². The first kappa shape index (κ1) is 7.95. The van der Waals surface area contributed by atoms with Gasteiger partial charge in [0.15, 0.2) is 6.72 Å². The maximum absolute atomic E-state index is 8.47. The lowest BCUT2D eigenvalue weighted by atomic mass is 10.3. The van der Waals surface area contributed by atoms with Crippen molar-refractivity contribution >= 4 is 6.72 Å². The van der Waals surface area contributed by atoms with Gasteiger partial charge in [-0.2, -0.15) is 0 Å². The molecular formula is C7H12NO+. The fraction of sp³-hybridized carbons (Fsp3) is 0.286. The summed E-state index contributed by atoms with van der Waals surface area (Å²) < 4.78 is 0.763. The molecule has 0 fully saturated rings. The maximum atomic E-state index is 8.47. The van der Waals surface area contributed by atoms with E-state index in [1.807, 2.05) is 19.9 Å². The van der Waals surface area contributed by atoms with Crippen molar-refractivity contribution in [3.8, 4) is 0 Å². The first-order valence-corrected chi connectivity index (χ1v) is 2.73. The molecule has 2 heteroatoms. The zero-order chi connectivity index (χ0) is 7.28. The lowest BCUT2D eigenvalue weighted by molar-refractivity contribution is -0.718. The summed E-state index contributed by atoms with van der Waals surface area (Å²) in [4.78, 5) is 0. The second-order valence-electron chi connectivity index (χ2n) is 2.03. The maximum Gasteiger partial charge on any atom is 0.221 e. The standard InChI is InChI=1S/C7H12NO/c1-7(2)5-4-6-8(3)9/h4-6,9H,3H2,1-2H3/q+1. The van der Waals surface area contributed by atoms with Crippen molar-refractivity contribution in [3.63, 3.8) is 0 Å². The Kier molecular flexibility index (Phi) is 3.44. The lowest BCUT2D eigenvalue weighted by Gasteiger charge is -1.78. The number of nitrogens with zero attached hydrogens (tertiary/aromatic N) is 1. The van der Waals surface area contributed by atoms with Gasteiger partial charge in [0.2, 0.25) is 6.20 Å². The molecule has 0 aromatic carbocycles. The van der Waals surface area contributed by atoms with Crippen molar-refractivity contribution in [2.45, 2.75) is 13.8 Å². The van der Waals surface area contributed by atoms with Gasteiger partial charge in [0.25, 0.3) is 0 Å². The fourth-order valence-corrected chi connectivity index (χ4v) is 0.335. The molecule has 0 heterocycles. The predicted octanol–water partition coefficient (Wildman–Crippen LogP) is 1.57. The Morgan fingerprint density at radius 1 is 1.56 bits per heavy atom. The normalized spacial score (nSPS) is 9.56. The van der Waals surface area contributed by atoms with E-state index >= 15 is 0 Å². The number of hydroxylamine groups is 1. The zero-order valence-corrected chi connectivity index (χ0v) is 5.83. The summed E-state index contributed by atoms with van der Waals surface area (Å²) in [7, 11) is 0. The van der Waals surface area contributed by atoms with Gasteiger partial charge in [-0.25, -0.2) is 0 Å². The van der Waals surface area contributed by atoms with Crippen molar-refractivity contribution < 1.29 is 9.95 Å². The minimum Gasteiger partial charge on any atom is -0.286 e. The smallest absolute Gasteiger partial charge is 0.221 e. The lowest BCUT2D eigenvalue weighted by Crippen LogP contribution is -1.88. The molecule has 50 valence electrons. The summed E-state index contributed by atoms with van der Waals surface area (Å²) in [6.07, 6.45) is 5.07. The average Bonchev–Trinajstić information content (AvgIpc) is 1.63. The van der Waals surface area contributed by atoms with E-state index in [9.17, 15) is 0 Å². The molecule has 0 aliphatic rings. The molecule has 9 heavy (non-hydrogen) atoms. The SMILES string of the molecule is C=[N+](O)C=CC=C(C)C. The molecular weight excluding hydrogens is 114 g/mol. The summed E-state index contributed by atoms with van der Waals surface area (Å²) in [5.74, 6) is 0. The zero-order valence-electron chi connectivity index (χ0n) is 5.83. The first-order valence-electron chi connectivity index (χ1n) is 2.73. The monoisotopic (exact) mass is 126 g/mol. The van der Waals surface area contributed by atoms with E-state index in [0.717, 1.165) is 4.74 Å². The fourth-order valence-electron chi connectivity index (χ4n) is 0.335. The van der Waals surface area contributed by atoms with Crippen LogP contribution in [0, 0.1) is 0 Å². The summed E-state index contributed by atoms with van der Waals surface area (Å²) in [5, 5.41) is 8.47. The van der Waals surface area contributed by atoms with Gasteiger partial charge in [-0.3, -0.25) is 5.21 Å². The van der Waals surface area contributed by atoms with Crippen LogP contribution in [0.2, 0.25) is 0 Å². The Morgan fingerprint density at radius 2 is 2.11 bits per heavy atom. The van der Waals surface area contributed by atoms with E-state index in [0.29, 0.717) is 0 Å². The van der Waals surface area contributed by atoms with Crippen LogP contribution in [0.4, 0.5) is 0 Å². The first-order chi connectivity index (χ1) is 4.13. The third-order valence-corrected chi connectivity index (χ3v) is 0.688. The van der Waals surface area contributed by atoms with Crippen molar-refractivity contribution in [3.05, 3.63) is 23.9 Å². The van der Waals surface area contributed by atoms with Crippen LogP contribution in [0.15, 0.2) is 23.9 Å². The Hall–Kier alpha value is -1.05. The van der Waals surface area contributed by atoms with Crippen molar-refractivity contribution in [1.29, 1.82) is 0 Å². The third-order valence-electron chi connectivity index (χ3n) is 0.688. The van der Waals surface area contributed by atoms with Crippen molar-refractivity contribution in [2.24, 2.45) is 0 Å². The summed E-state index contributed by atoms with van der Waals surface area (Å²) in [6, 6.07) is 0. The molecule has 0 rings (SSSR count). The minimum absolute atomic E-state index is 0.763. The topological polar surface area (TPSA) is 23.2 Å². The van der Waals surface area contributed by atoms with Crippen molar-refractivity contribution in [2.75, 3.05) is 0 Å². The molecule has 0 aromatic rings. The van der Waals surface area contributed by atoms with Gasteiger partial charge in [-0.1, -0.05) is 11.6 Å². The van der Waals surface area contributed by atoms with E-state index in [-0.39, 0.29) is 0 Å². The molecule has 2 nitrogen and oxygen atoms in total. The quantitative estimate of drug-likeness (QED) is 0.196. The van der Waals surface area contributed by atoms with Gasteiger partial charge in [0.05, 0.1) is 0 Å². The van der Waals surface area contributed by atoms with Crippen LogP contribution in [-0.2, 0) is 0 Å². The second kappa shape index (κ2) is 3.89. The number of allylic oxidation sites excluding steroid dienone is 3. The molecule has 0 aromatic heterocycles. The van der Waals surface area contributed by atoms with Crippen LogP contribution < -0.4 is 0 Å². The Bertz CT molecular complexity index is 152. The molecule has 0 amide bonds. The van der Waals surface area contributed by atoms with Gasteiger partial charge >= 0.3 is 0 Å². The summed E-state index contributed by atoms with van der Waals surface area (Å²) in [6.45, 7) is 7.17. The molecule has 0 unspecified atom stereocenters. The highest BCUT2D eigenvalue weighted by Crippen LogP contribution is 1.87. The summed E-state index contributed by atoms with van der Waals surface area (Å²) >= 11 is 0. The molecule has 0 atom stereocenters. The summed E-state index contributed by atoms with van der Waals surface area (Å²) in [5.41, 5.74) is 1.19. The Balaban J connectivity index is 3.74. The molecule has 1 N–H and O–H groups in total. The van der Waals surface area contributed by atoms with E-state index in [4.69, 9.17) is 5.21 Å². The van der Waals surface area contributed by atoms with Crippen LogP contribution in [-0.4, -0.2) is 16.7 Å². The molecule has 0 bridgehead atoms. The predicted molar refractivity (Wildman–Crippen MR) is 37.7 cm³/mol. The highest BCUT2D eigenvalue weighted by atomic mass is 16.5. The average molecular weight is 126 g/mol. The largest absolute Gasteiger partial charge is 0.286 e. The van der Waals surface area contributed by atoms with E-state index < -0.39 is 0 Å². The molecule has 0 radical (unpaired) electrons. The molecule has 0 aliphatic heterocycles. The third kappa shape index (κ3) is 6.95. The van der Waals surface area contributed by atoms with Crippen molar-refractivity contribution in [1.82, 2.24) is 0 Å². The van der Waals surface area contributed by atoms with Gasteiger partial charge in [0.1, 0.15) is 0 Å².